The van der Waals surface area contributed by atoms with E-state index in [1.165, 1.54) is 0 Å². The molecule has 1 heterocycles. The Morgan fingerprint density at radius 3 is 2.86 bits per heavy atom. The van der Waals surface area contributed by atoms with Crippen LogP contribution in [0.4, 0.5) is 0 Å². The summed E-state index contributed by atoms with van der Waals surface area (Å²) < 4.78 is 27.8. The van der Waals surface area contributed by atoms with Crippen molar-refractivity contribution in [2.45, 2.75) is 24.3 Å². The summed E-state index contributed by atoms with van der Waals surface area (Å²) >= 11 is 0. The van der Waals surface area contributed by atoms with Gasteiger partial charge in [-0.15, -0.1) is 0 Å². The van der Waals surface area contributed by atoms with E-state index in [1.54, 1.807) is 18.2 Å². The molecular formula is C15H20N2O3S. The van der Waals surface area contributed by atoms with Crippen molar-refractivity contribution in [1.82, 2.24) is 9.62 Å². The molecule has 1 atom stereocenters. The zero-order valence-corrected chi connectivity index (χ0v) is 13.1. The molecule has 0 aromatic heterocycles. The fourth-order valence-corrected chi connectivity index (χ4v) is 3.83. The number of aliphatic hydroxyl groups is 1. The zero-order chi connectivity index (χ0) is 15.5. The molecule has 1 aliphatic rings. The van der Waals surface area contributed by atoms with Gasteiger partial charge in [0, 0.05) is 18.2 Å². The monoisotopic (exact) mass is 308 g/mol. The molecule has 0 spiro atoms. The summed E-state index contributed by atoms with van der Waals surface area (Å²) in [7, 11) is -1.64. The van der Waals surface area contributed by atoms with E-state index >= 15 is 0 Å². The minimum absolute atomic E-state index is 0.0695. The van der Waals surface area contributed by atoms with E-state index in [-0.39, 0.29) is 17.5 Å². The van der Waals surface area contributed by atoms with Gasteiger partial charge in [0.15, 0.2) is 0 Å². The molecule has 6 heteroatoms. The molecule has 2 N–H and O–H groups in total. The zero-order valence-electron chi connectivity index (χ0n) is 12.3. The molecule has 0 amide bonds. The standard InChI is InChI=1S/C15H20N2O3S/c1-12-5-6-15(13(10-12)4-3-9-18)21(19,20)16-14-7-8-17(2)11-14/h5-6,10,14,16,18H,7-9,11H2,1-2H3. The Balaban J connectivity index is 2.31. The van der Waals surface area contributed by atoms with E-state index in [9.17, 15) is 8.42 Å². The summed E-state index contributed by atoms with van der Waals surface area (Å²) in [5.74, 6) is 5.22. The summed E-state index contributed by atoms with van der Waals surface area (Å²) in [6.45, 7) is 3.18. The smallest absolute Gasteiger partial charge is 0.242 e. The molecule has 1 fully saturated rings. The van der Waals surface area contributed by atoms with Crippen LogP contribution < -0.4 is 4.72 Å². The maximum absolute atomic E-state index is 12.5. The lowest BCUT2D eigenvalue weighted by molar-refractivity contribution is 0.350. The van der Waals surface area contributed by atoms with Crippen molar-refractivity contribution in [1.29, 1.82) is 0 Å². The first-order chi connectivity index (χ1) is 9.92. The van der Waals surface area contributed by atoms with E-state index in [4.69, 9.17) is 5.11 Å². The topological polar surface area (TPSA) is 69.6 Å². The van der Waals surface area contributed by atoms with Crippen LogP contribution in [0.3, 0.4) is 0 Å². The minimum atomic E-state index is -3.61. The molecule has 1 aliphatic heterocycles. The SMILES string of the molecule is Cc1ccc(S(=O)(=O)NC2CCN(C)C2)c(C#CCO)c1. The number of rotatable bonds is 3. The maximum atomic E-state index is 12.5. The van der Waals surface area contributed by atoms with Crippen LogP contribution in [0.5, 0.6) is 0 Å². The second kappa shape index (κ2) is 6.58. The van der Waals surface area contributed by atoms with Crippen molar-refractivity contribution < 1.29 is 13.5 Å². The molecular weight excluding hydrogens is 288 g/mol. The Labute approximate surface area is 126 Å². The van der Waals surface area contributed by atoms with Crippen molar-refractivity contribution in [3.05, 3.63) is 29.3 Å². The van der Waals surface area contributed by atoms with Crippen LogP contribution in [-0.4, -0.2) is 51.2 Å². The predicted molar refractivity (Wildman–Crippen MR) is 81.4 cm³/mol. The largest absolute Gasteiger partial charge is 0.384 e. The van der Waals surface area contributed by atoms with E-state index in [1.807, 2.05) is 14.0 Å². The van der Waals surface area contributed by atoms with Crippen LogP contribution in [0.25, 0.3) is 0 Å². The summed E-state index contributed by atoms with van der Waals surface area (Å²) in [6, 6.07) is 4.97. The number of benzene rings is 1. The minimum Gasteiger partial charge on any atom is -0.384 e. The van der Waals surface area contributed by atoms with Gasteiger partial charge < -0.3 is 10.0 Å². The second-order valence-electron chi connectivity index (χ2n) is 5.33. The highest BCUT2D eigenvalue weighted by molar-refractivity contribution is 7.89. The molecule has 0 aliphatic carbocycles. The molecule has 1 aromatic carbocycles. The average Bonchev–Trinajstić information content (AvgIpc) is 2.80. The van der Waals surface area contributed by atoms with Crippen LogP contribution in [0.2, 0.25) is 0 Å². The van der Waals surface area contributed by atoms with Crippen molar-refractivity contribution in [3.63, 3.8) is 0 Å². The lowest BCUT2D eigenvalue weighted by Crippen LogP contribution is -2.36. The number of sulfonamides is 1. The van der Waals surface area contributed by atoms with Gasteiger partial charge in [0.2, 0.25) is 10.0 Å². The van der Waals surface area contributed by atoms with Crippen LogP contribution in [-0.2, 0) is 10.0 Å². The van der Waals surface area contributed by atoms with E-state index in [0.29, 0.717) is 12.1 Å². The number of hydrogen-bond acceptors (Lipinski definition) is 4. The van der Waals surface area contributed by atoms with Gasteiger partial charge in [0.1, 0.15) is 6.61 Å². The summed E-state index contributed by atoms with van der Waals surface area (Å²) in [6.07, 6.45) is 0.805. The average molecular weight is 308 g/mol. The summed E-state index contributed by atoms with van der Waals surface area (Å²) in [5.41, 5.74) is 1.35. The van der Waals surface area contributed by atoms with Gasteiger partial charge in [-0.2, -0.15) is 0 Å². The number of hydrogen-bond donors (Lipinski definition) is 2. The highest BCUT2D eigenvalue weighted by Gasteiger charge is 2.26. The molecule has 2 rings (SSSR count). The van der Waals surface area contributed by atoms with E-state index in [0.717, 1.165) is 18.5 Å². The lowest BCUT2D eigenvalue weighted by atomic mass is 10.1. The number of nitrogens with one attached hydrogen (secondary N) is 1. The van der Waals surface area contributed by atoms with Gasteiger partial charge in [-0.25, -0.2) is 13.1 Å². The van der Waals surface area contributed by atoms with Gasteiger partial charge in [0.05, 0.1) is 4.90 Å². The number of likely N-dealkylation sites (tertiary alicyclic amines) is 1. The molecule has 114 valence electrons. The first-order valence-corrected chi connectivity index (χ1v) is 8.32. The second-order valence-corrected chi connectivity index (χ2v) is 7.01. The van der Waals surface area contributed by atoms with Crippen molar-refractivity contribution in [2.75, 3.05) is 26.7 Å². The summed E-state index contributed by atoms with van der Waals surface area (Å²) in [4.78, 5) is 2.26. The van der Waals surface area contributed by atoms with Gasteiger partial charge in [0.25, 0.3) is 0 Å². The molecule has 0 bridgehead atoms. The highest BCUT2D eigenvalue weighted by atomic mass is 32.2. The Bertz CT molecular complexity index is 674. The fourth-order valence-electron chi connectivity index (χ4n) is 2.42. The molecule has 21 heavy (non-hydrogen) atoms. The quantitative estimate of drug-likeness (QED) is 0.789. The normalized spacial score (nSPS) is 19.3. The van der Waals surface area contributed by atoms with Crippen LogP contribution in [0.15, 0.2) is 23.1 Å². The van der Waals surface area contributed by atoms with Crippen LogP contribution in [0, 0.1) is 18.8 Å². The molecule has 1 unspecified atom stereocenters. The maximum Gasteiger partial charge on any atom is 0.242 e. The molecule has 5 nitrogen and oxygen atoms in total. The Morgan fingerprint density at radius 2 is 2.24 bits per heavy atom. The predicted octanol–water partition coefficient (Wildman–Crippen LogP) is 0.321. The van der Waals surface area contributed by atoms with Crippen LogP contribution >= 0.6 is 0 Å². The van der Waals surface area contributed by atoms with Gasteiger partial charge >= 0.3 is 0 Å². The lowest BCUT2D eigenvalue weighted by Gasteiger charge is -2.14. The van der Waals surface area contributed by atoms with Crippen molar-refractivity contribution in [3.8, 4) is 11.8 Å². The van der Waals surface area contributed by atoms with Gasteiger partial charge in [-0.3, -0.25) is 0 Å². The van der Waals surface area contributed by atoms with Crippen molar-refractivity contribution in [2.24, 2.45) is 0 Å². The summed E-state index contributed by atoms with van der Waals surface area (Å²) in [5, 5.41) is 8.81. The third-order valence-electron chi connectivity index (χ3n) is 3.44. The first-order valence-electron chi connectivity index (χ1n) is 6.83. The Morgan fingerprint density at radius 1 is 1.48 bits per heavy atom. The van der Waals surface area contributed by atoms with Gasteiger partial charge in [-0.1, -0.05) is 17.9 Å². The Kier molecular flexibility index (Phi) is 5.01. The van der Waals surface area contributed by atoms with Crippen molar-refractivity contribution >= 4 is 10.0 Å². The first kappa shape index (κ1) is 16.0. The number of nitrogens with zero attached hydrogens (tertiary/aromatic N) is 1. The fraction of sp³-hybridized carbons (Fsp3) is 0.467. The molecule has 0 radical (unpaired) electrons. The van der Waals surface area contributed by atoms with E-state index in [2.05, 4.69) is 21.5 Å². The highest BCUT2D eigenvalue weighted by Crippen LogP contribution is 2.18. The molecule has 1 aromatic rings. The number of aliphatic hydroxyl groups excluding tert-OH is 1. The molecule has 0 saturated carbocycles. The van der Waals surface area contributed by atoms with Gasteiger partial charge in [-0.05, 0) is 44.6 Å². The number of aryl methyl sites for hydroxylation is 1. The molecule has 1 saturated heterocycles. The van der Waals surface area contributed by atoms with Crippen LogP contribution in [0.1, 0.15) is 17.5 Å². The number of likely N-dealkylation sites (N-methyl/N-ethyl adjacent to an activating group) is 1. The third kappa shape index (κ3) is 4.05. The third-order valence-corrected chi connectivity index (χ3v) is 5.02. The Hall–Kier alpha value is -1.39. The van der Waals surface area contributed by atoms with E-state index < -0.39 is 10.0 Å².